The normalized spacial score (nSPS) is 12.7. The Kier molecular flexibility index (Phi) is 7.66. The van der Waals surface area contributed by atoms with Crippen molar-refractivity contribution in [3.63, 3.8) is 0 Å². The number of ether oxygens (including phenoxy) is 1. The van der Waals surface area contributed by atoms with E-state index in [2.05, 4.69) is 5.32 Å². The molecular weight excluding hydrogens is 420 g/mol. The van der Waals surface area contributed by atoms with Crippen LogP contribution in [-0.2, 0) is 9.53 Å². The molecule has 0 aromatic heterocycles. The maximum Gasteiger partial charge on any atom is 0.412 e. The third kappa shape index (κ3) is 6.11. The number of rotatable bonds is 8. The van der Waals surface area contributed by atoms with Crippen molar-refractivity contribution in [3.8, 4) is 11.8 Å². The summed E-state index contributed by atoms with van der Waals surface area (Å²) in [5.74, 6) is -1.03. The predicted molar refractivity (Wildman–Crippen MR) is 125 cm³/mol. The predicted octanol–water partition coefficient (Wildman–Crippen LogP) is 5.76. The quantitative estimate of drug-likeness (QED) is 0.380. The summed E-state index contributed by atoms with van der Waals surface area (Å²) in [6.45, 7) is 1.93. The molecule has 3 rings (SSSR count). The molecule has 0 saturated carbocycles. The molecule has 0 aliphatic heterocycles. The number of phenolic OH excluding ortho intramolecular Hbond substituents is 1. The van der Waals surface area contributed by atoms with Gasteiger partial charge in [-0.1, -0.05) is 43.3 Å². The Hall–Kier alpha value is -4.31. The highest BCUT2D eigenvalue weighted by molar-refractivity contribution is 5.91. The number of aliphatic carboxylic acids is 1. The molecule has 0 heterocycles. The number of hydrogen-bond donors (Lipinski definition) is 3. The van der Waals surface area contributed by atoms with Crippen LogP contribution in [0.25, 0.3) is 10.8 Å². The number of nitriles is 1. The van der Waals surface area contributed by atoms with Gasteiger partial charge < -0.3 is 14.9 Å². The number of carboxylic acid groups (broad SMARTS) is 1. The maximum atomic E-state index is 12.7. The topological polar surface area (TPSA) is 120 Å². The Morgan fingerprint density at radius 3 is 2.45 bits per heavy atom. The van der Waals surface area contributed by atoms with E-state index < -0.39 is 18.2 Å². The summed E-state index contributed by atoms with van der Waals surface area (Å²) >= 11 is 0. The molecule has 3 aromatic rings. The van der Waals surface area contributed by atoms with Gasteiger partial charge in [0, 0.05) is 22.7 Å². The molecular formula is C26H24N2O5. The Morgan fingerprint density at radius 2 is 1.79 bits per heavy atom. The Morgan fingerprint density at radius 1 is 1.09 bits per heavy atom. The van der Waals surface area contributed by atoms with Gasteiger partial charge >= 0.3 is 12.1 Å². The van der Waals surface area contributed by atoms with Crippen molar-refractivity contribution in [2.24, 2.45) is 5.92 Å². The molecule has 0 aliphatic carbocycles. The van der Waals surface area contributed by atoms with Crippen molar-refractivity contribution >= 4 is 28.5 Å². The fraction of sp³-hybridized carbons (Fsp3) is 0.192. The monoisotopic (exact) mass is 444 g/mol. The van der Waals surface area contributed by atoms with Crippen LogP contribution in [0.2, 0.25) is 0 Å². The Labute approximate surface area is 191 Å². The third-order valence-corrected chi connectivity index (χ3v) is 5.30. The van der Waals surface area contributed by atoms with Crippen molar-refractivity contribution in [1.29, 1.82) is 5.26 Å². The molecule has 33 heavy (non-hydrogen) atoms. The van der Waals surface area contributed by atoms with Crippen LogP contribution >= 0.6 is 0 Å². The summed E-state index contributed by atoms with van der Waals surface area (Å²) in [6, 6.07) is 19.1. The number of allylic oxidation sites excluding steroid dienone is 1. The van der Waals surface area contributed by atoms with Gasteiger partial charge in [0.1, 0.15) is 11.9 Å². The number of aromatic hydroxyl groups is 1. The first kappa shape index (κ1) is 23.4. The lowest BCUT2D eigenvalue weighted by atomic mass is 9.89. The smallest absolute Gasteiger partial charge is 0.412 e. The number of anilines is 1. The van der Waals surface area contributed by atoms with E-state index in [-0.39, 0.29) is 11.7 Å². The number of carbonyl (C=O) groups is 2. The van der Waals surface area contributed by atoms with Crippen molar-refractivity contribution in [2.75, 3.05) is 5.32 Å². The molecule has 7 nitrogen and oxygen atoms in total. The van der Waals surface area contributed by atoms with Crippen molar-refractivity contribution in [2.45, 2.75) is 25.9 Å². The molecule has 3 aromatic carbocycles. The summed E-state index contributed by atoms with van der Waals surface area (Å²) in [7, 11) is 0. The zero-order valence-corrected chi connectivity index (χ0v) is 18.1. The van der Waals surface area contributed by atoms with Gasteiger partial charge in [-0.25, -0.2) is 9.59 Å². The minimum Gasteiger partial charge on any atom is -0.507 e. The van der Waals surface area contributed by atoms with E-state index in [0.29, 0.717) is 29.5 Å². The number of carboxylic acids is 1. The Balaban J connectivity index is 1.87. The largest absolute Gasteiger partial charge is 0.507 e. The first-order valence-electron chi connectivity index (χ1n) is 10.5. The van der Waals surface area contributed by atoms with Crippen molar-refractivity contribution in [1.82, 2.24) is 0 Å². The summed E-state index contributed by atoms with van der Waals surface area (Å²) in [6.07, 6.45) is 2.44. The average Bonchev–Trinajstić information content (AvgIpc) is 2.81. The second-order valence-electron chi connectivity index (χ2n) is 7.65. The van der Waals surface area contributed by atoms with Crippen LogP contribution in [0.3, 0.4) is 0 Å². The molecule has 3 N–H and O–H groups in total. The summed E-state index contributed by atoms with van der Waals surface area (Å²) in [5, 5.41) is 32.1. The van der Waals surface area contributed by atoms with Gasteiger partial charge in [0.15, 0.2) is 0 Å². The lowest BCUT2D eigenvalue weighted by Gasteiger charge is -2.26. The molecule has 0 bridgehead atoms. The molecule has 0 fully saturated rings. The highest BCUT2D eigenvalue weighted by atomic mass is 16.6. The molecule has 168 valence electrons. The van der Waals surface area contributed by atoms with Crippen LogP contribution in [0.5, 0.6) is 5.75 Å². The second kappa shape index (κ2) is 10.8. The molecule has 0 unspecified atom stereocenters. The minimum absolute atomic E-state index is 0.132. The molecule has 0 saturated heterocycles. The van der Waals surface area contributed by atoms with Gasteiger partial charge in [-0.15, -0.1) is 0 Å². The number of phenols is 1. The molecule has 2 atom stereocenters. The fourth-order valence-corrected chi connectivity index (χ4v) is 3.63. The fourth-order valence-electron chi connectivity index (χ4n) is 3.63. The van der Waals surface area contributed by atoms with Crippen LogP contribution in [0.15, 0.2) is 72.8 Å². The van der Waals surface area contributed by atoms with E-state index in [4.69, 9.17) is 15.1 Å². The van der Waals surface area contributed by atoms with E-state index in [1.54, 1.807) is 48.5 Å². The summed E-state index contributed by atoms with van der Waals surface area (Å²) in [4.78, 5) is 23.5. The third-order valence-electron chi connectivity index (χ3n) is 5.30. The van der Waals surface area contributed by atoms with Crippen LogP contribution in [0.1, 0.15) is 37.0 Å². The molecule has 7 heteroatoms. The number of amides is 1. The first-order chi connectivity index (χ1) is 15.9. The van der Waals surface area contributed by atoms with Gasteiger partial charge in [0.25, 0.3) is 0 Å². The van der Waals surface area contributed by atoms with E-state index in [9.17, 15) is 14.7 Å². The number of nitrogens with zero attached hydrogens (tertiary/aromatic N) is 1. The molecule has 0 spiro atoms. The van der Waals surface area contributed by atoms with E-state index in [1.165, 1.54) is 0 Å². The average molecular weight is 444 g/mol. The number of hydrogen-bond acceptors (Lipinski definition) is 5. The lowest BCUT2D eigenvalue weighted by molar-refractivity contribution is -0.131. The van der Waals surface area contributed by atoms with Crippen LogP contribution < -0.4 is 5.32 Å². The van der Waals surface area contributed by atoms with E-state index in [1.807, 2.05) is 31.2 Å². The highest BCUT2D eigenvalue weighted by Crippen LogP contribution is 2.37. The number of fused-ring (bicyclic) bond motifs is 1. The van der Waals surface area contributed by atoms with Crippen LogP contribution in [-0.4, -0.2) is 22.3 Å². The van der Waals surface area contributed by atoms with Gasteiger partial charge in [-0.05, 0) is 54.5 Å². The number of nitrogens with one attached hydrogen (secondary N) is 1. The number of carbonyl (C=O) groups excluding carboxylic acids is 1. The Bertz CT molecular complexity index is 1210. The van der Waals surface area contributed by atoms with Gasteiger partial charge in [0.2, 0.25) is 0 Å². The lowest BCUT2D eigenvalue weighted by Crippen LogP contribution is -2.22. The SMILES string of the molecule is C[C@@H](CC/C=C/C(=O)O)[C@@H](OC(=O)Nc1ccc(C#N)cc1)c1ccc(O)c2ccccc12. The van der Waals surface area contributed by atoms with E-state index >= 15 is 0 Å². The number of benzene rings is 3. The van der Waals surface area contributed by atoms with Gasteiger partial charge in [-0.2, -0.15) is 5.26 Å². The first-order valence-corrected chi connectivity index (χ1v) is 10.5. The zero-order valence-electron chi connectivity index (χ0n) is 18.1. The van der Waals surface area contributed by atoms with Crippen molar-refractivity contribution in [3.05, 3.63) is 83.9 Å². The molecule has 0 aliphatic rings. The summed E-state index contributed by atoms with van der Waals surface area (Å²) < 4.78 is 5.85. The molecule has 1 amide bonds. The van der Waals surface area contributed by atoms with Crippen LogP contribution in [0.4, 0.5) is 10.5 Å². The van der Waals surface area contributed by atoms with Gasteiger partial charge in [-0.3, -0.25) is 5.32 Å². The standard InChI is InChI=1S/C26H24N2O5/c1-17(6-2-5-9-24(30)31)25(22-14-15-23(29)21-8-4-3-7-20(21)22)33-26(32)28-19-12-10-18(16-27)11-13-19/h3-5,7-15,17,25,29H,2,6H2,1H3,(H,28,32)(H,30,31)/b9-5+/t17-,25+/m0/s1. The minimum atomic E-state index is -1.01. The molecule has 0 radical (unpaired) electrons. The van der Waals surface area contributed by atoms with Crippen LogP contribution in [0, 0.1) is 17.2 Å². The van der Waals surface area contributed by atoms with E-state index in [0.717, 1.165) is 17.0 Å². The zero-order chi connectivity index (χ0) is 23.8. The maximum absolute atomic E-state index is 12.7. The van der Waals surface area contributed by atoms with Gasteiger partial charge in [0.05, 0.1) is 11.6 Å². The highest BCUT2D eigenvalue weighted by Gasteiger charge is 2.26. The van der Waals surface area contributed by atoms with Crippen molar-refractivity contribution < 1.29 is 24.5 Å². The summed E-state index contributed by atoms with van der Waals surface area (Å²) in [5.41, 5.74) is 1.71. The second-order valence-corrected chi connectivity index (χ2v) is 7.65.